The smallest absolute Gasteiger partial charge is 0.255 e. The molecule has 4 fully saturated rings. The van der Waals surface area contributed by atoms with Gasteiger partial charge in [-0.2, -0.15) is 0 Å². The molecule has 6 rings (SSSR count). The van der Waals surface area contributed by atoms with Gasteiger partial charge >= 0.3 is 0 Å². The van der Waals surface area contributed by atoms with Crippen molar-refractivity contribution in [1.29, 1.82) is 0 Å². The third-order valence-corrected chi connectivity index (χ3v) is 8.91. The van der Waals surface area contributed by atoms with Crippen LogP contribution in [0.25, 0.3) is 0 Å². The minimum absolute atomic E-state index is 0.137. The van der Waals surface area contributed by atoms with Gasteiger partial charge < -0.3 is 5.32 Å². The Balaban J connectivity index is 1.34. The van der Waals surface area contributed by atoms with Crippen molar-refractivity contribution in [3.05, 3.63) is 58.4 Å². The maximum absolute atomic E-state index is 13.4. The van der Waals surface area contributed by atoms with Gasteiger partial charge in [-0.1, -0.05) is 11.6 Å². The summed E-state index contributed by atoms with van der Waals surface area (Å²) < 4.78 is 40.0. The molecule has 2 nitrogen and oxygen atoms in total. The predicted molar refractivity (Wildman–Crippen MR) is 112 cm³/mol. The number of thioether (sulfide) groups is 1. The Morgan fingerprint density at radius 2 is 1.53 bits per heavy atom. The second-order valence-electron chi connectivity index (χ2n) is 8.87. The molecule has 2 aromatic rings. The Morgan fingerprint density at radius 3 is 2.13 bits per heavy atom. The van der Waals surface area contributed by atoms with Gasteiger partial charge in [0, 0.05) is 33.5 Å². The number of benzene rings is 2. The number of amides is 1. The number of nitrogens with one attached hydrogen (secondary N) is 1. The Bertz CT molecular complexity index is 963. The van der Waals surface area contributed by atoms with Crippen LogP contribution in [0.4, 0.5) is 18.9 Å². The highest BCUT2D eigenvalue weighted by molar-refractivity contribution is 8.00. The highest BCUT2D eigenvalue weighted by Crippen LogP contribution is 2.58. The van der Waals surface area contributed by atoms with E-state index in [0.29, 0.717) is 27.7 Å². The second-order valence-corrected chi connectivity index (χ2v) is 10.5. The monoisotopic (exact) mass is 451 g/mol. The number of halogens is 4. The lowest BCUT2D eigenvalue weighted by Crippen LogP contribution is -2.46. The summed E-state index contributed by atoms with van der Waals surface area (Å²) in [6.07, 6.45) is 6.58. The molecule has 2 aromatic carbocycles. The molecule has 0 saturated heterocycles. The lowest BCUT2D eigenvalue weighted by molar-refractivity contribution is 0.0267. The molecule has 0 aromatic heterocycles. The van der Waals surface area contributed by atoms with Gasteiger partial charge in [0.2, 0.25) is 0 Å². The standard InChI is InChI=1S/C23H21ClF3NOS/c24-17-2-1-13(23(29)28-16-9-18(25)21(27)19(26)10-16)8-20(17)30-22-14-4-11-3-12(6-14)7-15(22)5-11/h1-2,8-12,14-15,22H,3-7H2,(H,28,29)/t11-,12?,14+,15?,22+/m0/s1. The maximum Gasteiger partial charge on any atom is 0.255 e. The van der Waals surface area contributed by atoms with Crippen molar-refractivity contribution in [2.75, 3.05) is 5.32 Å². The molecule has 1 amide bonds. The van der Waals surface area contributed by atoms with Gasteiger partial charge in [-0.15, -0.1) is 11.8 Å². The molecule has 4 bridgehead atoms. The number of hydrogen-bond donors (Lipinski definition) is 1. The van der Waals surface area contributed by atoms with Crippen LogP contribution in [0.1, 0.15) is 42.5 Å². The van der Waals surface area contributed by atoms with Crippen molar-refractivity contribution in [2.45, 2.75) is 42.2 Å². The average molecular weight is 452 g/mol. The van der Waals surface area contributed by atoms with E-state index in [1.54, 1.807) is 30.0 Å². The van der Waals surface area contributed by atoms with Crippen molar-refractivity contribution in [1.82, 2.24) is 0 Å². The topological polar surface area (TPSA) is 29.1 Å². The van der Waals surface area contributed by atoms with Crippen molar-refractivity contribution in [3.8, 4) is 0 Å². The Hall–Kier alpha value is -1.66. The summed E-state index contributed by atoms with van der Waals surface area (Å²) in [6.45, 7) is 0. The van der Waals surface area contributed by atoms with Gasteiger partial charge in [-0.25, -0.2) is 13.2 Å². The van der Waals surface area contributed by atoms with Gasteiger partial charge in [0.25, 0.3) is 5.91 Å². The van der Waals surface area contributed by atoms with Crippen LogP contribution in [0.5, 0.6) is 0 Å². The first-order valence-corrected chi connectivity index (χ1v) is 11.5. The molecule has 4 aliphatic carbocycles. The molecule has 158 valence electrons. The minimum atomic E-state index is -1.56. The Morgan fingerprint density at radius 1 is 0.933 bits per heavy atom. The van der Waals surface area contributed by atoms with E-state index in [1.807, 2.05) is 0 Å². The zero-order chi connectivity index (χ0) is 21.0. The van der Waals surface area contributed by atoms with E-state index >= 15 is 0 Å². The number of anilines is 1. The summed E-state index contributed by atoms with van der Waals surface area (Å²) in [5.41, 5.74) is 0.206. The molecule has 30 heavy (non-hydrogen) atoms. The normalized spacial score (nSPS) is 29.3. The van der Waals surface area contributed by atoms with Crippen LogP contribution in [0.2, 0.25) is 5.02 Å². The Labute approximate surface area is 182 Å². The van der Waals surface area contributed by atoms with Crippen LogP contribution in [0.3, 0.4) is 0 Å². The summed E-state index contributed by atoms with van der Waals surface area (Å²) in [5.74, 6) is -1.59. The first-order valence-electron chi connectivity index (χ1n) is 10.3. The van der Waals surface area contributed by atoms with Crippen LogP contribution in [0.15, 0.2) is 35.2 Å². The maximum atomic E-state index is 13.4. The molecule has 0 spiro atoms. The van der Waals surface area contributed by atoms with E-state index in [2.05, 4.69) is 5.32 Å². The van der Waals surface area contributed by atoms with E-state index in [-0.39, 0.29) is 5.69 Å². The summed E-state index contributed by atoms with van der Waals surface area (Å²) in [4.78, 5) is 13.5. The van der Waals surface area contributed by atoms with Crippen molar-refractivity contribution in [2.24, 2.45) is 23.7 Å². The molecule has 0 heterocycles. The zero-order valence-corrected chi connectivity index (χ0v) is 17.7. The van der Waals surface area contributed by atoms with Crippen LogP contribution < -0.4 is 5.32 Å². The number of carbonyl (C=O) groups is 1. The highest BCUT2D eigenvalue weighted by atomic mass is 35.5. The third-order valence-electron chi connectivity index (χ3n) is 6.84. The fourth-order valence-corrected chi connectivity index (χ4v) is 7.53. The van der Waals surface area contributed by atoms with E-state index in [9.17, 15) is 18.0 Å². The molecular formula is C23H21ClF3NOS. The fourth-order valence-electron chi connectivity index (χ4n) is 5.78. The van der Waals surface area contributed by atoms with Crippen LogP contribution in [-0.4, -0.2) is 11.2 Å². The summed E-state index contributed by atoms with van der Waals surface area (Å²) in [6, 6.07) is 6.52. The second kappa shape index (κ2) is 7.79. The molecule has 4 aliphatic rings. The highest BCUT2D eigenvalue weighted by Gasteiger charge is 2.48. The first-order chi connectivity index (χ1) is 14.4. The number of hydrogen-bond acceptors (Lipinski definition) is 2. The van der Waals surface area contributed by atoms with E-state index in [1.165, 1.54) is 32.1 Å². The molecule has 4 saturated carbocycles. The number of rotatable bonds is 4. The molecule has 0 radical (unpaired) electrons. The van der Waals surface area contributed by atoms with Crippen LogP contribution in [0, 0.1) is 41.1 Å². The van der Waals surface area contributed by atoms with Crippen LogP contribution >= 0.6 is 23.4 Å². The Kier molecular flexibility index (Phi) is 5.26. The molecule has 0 unspecified atom stereocenters. The van der Waals surface area contributed by atoms with Crippen molar-refractivity contribution in [3.63, 3.8) is 0 Å². The van der Waals surface area contributed by atoms with Gasteiger partial charge in [0.15, 0.2) is 17.5 Å². The van der Waals surface area contributed by atoms with E-state index < -0.39 is 23.4 Å². The molecule has 1 N–H and O–H groups in total. The van der Waals surface area contributed by atoms with Crippen molar-refractivity contribution < 1.29 is 18.0 Å². The molecule has 0 atom stereocenters. The molecule has 0 aliphatic heterocycles. The lowest BCUT2D eigenvalue weighted by Gasteiger charge is -2.54. The first kappa shape index (κ1) is 20.3. The fraction of sp³-hybridized carbons (Fsp3) is 0.435. The van der Waals surface area contributed by atoms with Gasteiger partial charge in [-0.3, -0.25) is 4.79 Å². The van der Waals surface area contributed by atoms with Gasteiger partial charge in [0.05, 0.1) is 5.02 Å². The van der Waals surface area contributed by atoms with Gasteiger partial charge in [-0.05, 0) is 74.0 Å². The van der Waals surface area contributed by atoms with Crippen LogP contribution in [-0.2, 0) is 0 Å². The number of carbonyl (C=O) groups excluding carboxylic acids is 1. The van der Waals surface area contributed by atoms with E-state index in [4.69, 9.17) is 11.6 Å². The van der Waals surface area contributed by atoms with Gasteiger partial charge in [0.1, 0.15) is 0 Å². The lowest BCUT2D eigenvalue weighted by atomic mass is 9.56. The zero-order valence-electron chi connectivity index (χ0n) is 16.1. The molecule has 7 heteroatoms. The van der Waals surface area contributed by atoms with E-state index in [0.717, 1.165) is 28.9 Å². The summed E-state index contributed by atoms with van der Waals surface area (Å²) >= 11 is 8.21. The predicted octanol–water partition coefficient (Wildman–Crippen LogP) is 6.93. The molecular weight excluding hydrogens is 431 g/mol. The quantitative estimate of drug-likeness (QED) is 0.511. The minimum Gasteiger partial charge on any atom is -0.322 e. The van der Waals surface area contributed by atoms with Crippen molar-refractivity contribution >= 4 is 35.0 Å². The third kappa shape index (κ3) is 3.73. The summed E-state index contributed by atoms with van der Waals surface area (Å²) in [7, 11) is 0. The average Bonchev–Trinajstić information content (AvgIpc) is 2.69. The largest absolute Gasteiger partial charge is 0.322 e. The SMILES string of the molecule is O=C(Nc1cc(F)c(F)c(F)c1)c1ccc(Cl)c(S[C@H]2C3CC4C[C@H](C3)C[C@@H]2C4)c1. The summed E-state index contributed by atoms with van der Waals surface area (Å²) in [5, 5.41) is 3.55.